The zero-order valence-electron chi connectivity index (χ0n) is 8.59. The van der Waals surface area contributed by atoms with E-state index in [1.54, 1.807) is 0 Å². The summed E-state index contributed by atoms with van der Waals surface area (Å²) in [5, 5.41) is 3.35. The molecule has 1 unspecified atom stereocenters. The van der Waals surface area contributed by atoms with Crippen LogP contribution in [0.25, 0.3) is 0 Å². The minimum absolute atomic E-state index is 0.547. The third-order valence-corrected chi connectivity index (χ3v) is 2.12. The van der Waals surface area contributed by atoms with Gasteiger partial charge in [0, 0.05) is 12.2 Å². The molecule has 1 aliphatic rings. The highest BCUT2D eigenvalue weighted by Crippen LogP contribution is 2.05. The minimum atomic E-state index is 0.547. The lowest BCUT2D eigenvalue weighted by Crippen LogP contribution is -2.11. The molecule has 0 radical (unpaired) electrons. The van der Waals surface area contributed by atoms with E-state index in [2.05, 4.69) is 49.5 Å². The van der Waals surface area contributed by atoms with Gasteiger partial charge in [-0.2, -0.15) is 0 Å². The first kappa shape index (κ1) is 10.1. The fourth-order valence-electron chi connectivity index (χ4n) is 1.43. The van der Waals surface area contributed by atoms with E-state index in [0.717, 1.165) is 19.4 Å². The van der Waals surface area contributed by atoms with Crippen LogP contribution in [0.2, 0.25) is 0 Å². The van der Waals surface area contributed by atoms with Crippen LogP contribution in [0.5, 0.6) is 0 Å². The molecule has 0 bridgehead atoms. The topological polar surface area (TPSA) is 12.0 Å². The third kappa shape index (κ3) is 4.56. The average Bonchev–Trinajstić information content (AvgIpc) is 2.11. The summed E-state index contributed by atoms with van der Waals surface area (Å²) >= 11 is 0. The summed E-state index contributed by atoms with van der Waals surface area (Å²) in [6, 6.07) is 0. The molecule has 13 heavy (non-hydrogen) atoms. The van der Waals surface area contributed by atoms with Crippen LogP contribution in [0.3, 0.4) is 0 Å². The maximum atomic E-state index is 3.35. The monoisotopic (exact) mass is 177 g/mol. The van der Waals surface area contributed by atoms with Crippen molar-refractivity contribution in [2.75, 3.05) is 6.54 Å². The SMILES string of the molecule is C/C1=C/C(C)/C=C\CC/C=C\CN1. The highest BCUT2D eigenvalue weighted by atomic mass is 14.9. The largest absolute Gasteiger partial charge is 0.385 e. The molecule has 0 saturated carbocycles. The molecular formula is C12H19N. The third-order valence-electron chi connectivity index (χ3n) is 2.12. The Morgan fingerprint density at radius 1 is 1.23 bits per heavy atom. The summed E-state index contributed by atoms with van der Waals surface area (Å²) in [5.74, 6) is 0.547. The molecule has 1 rings (SSSR count). The molecule has 0 aromatic rings. The summed E-state index contributed by atoms with van der Waals surface area (Å²) in [7, 11) is 0. The molecule has 72 valence electrons. The van der Waals surface area contributed by atoms with Gasteiger partial charge in [-0.3, -0.25) is 0 Å². The molecule has 0 aromatic heterocycles. The molecule has 0 spiro atoms. The molecule has 1 nitrogen and oxygen atoms in total. The van der Waals surface area contributed by atoms with Crippen molar-refractivity contribution in [1.82, 2.24) is 5.32 Å². The van der Waals surface area contributed by atoms with Crippen LogP contribution in [0.15, 0.2) is 36.1 Å². The van der Waals surface area contributed by atoms with Gasteiger partial charge in [0.05, 0.1) is 0 Å². The van der Waals surface area contributed by atoms with E-state index in [4.69, 9.17) is 0 Å². The Labute approximate surface area is 81.2 Å². The van der Waals surface area contributed by atoms with Crippen LogP contribution in [-0.2, 0) is 0 Å². The zero-order valence-corrected chi connectivity index (χ0v) is 8.59. The van der Waals surface area contributed by atoms with E-state index in [-0.39, 0.29) is 0 Å². The Balaban J connectivity index is 2.59. The van der Waals surface area contributed by atoms with Crippen molar-refractivity contribution in [3.63, 3.8) is 0 Å². The molecule has 1 heterocycles. The Morgan fingerprint density at radius 3 is 2.85 bits per heavy atom. The normalized spacial score (nSPS) is 33.4. The molecule has 1 heteroatoms. The number of hydrogen-bond acceptors (Lipinski definition) is 1. The first-order valence-electron chi connectivity index (χ1n) is 5.03. The van der Waals surface area contributed by atoms with Gasteiger partial charge in [0.1, 0.15) is 0 Å². The van der Waals surface area contributed by atoms with Crippen molar-refractivity contribution >= 4 is 0 Å². The van der Waals surface area contributed by atoms with Crippen molar-refractivity contribution in [3.8, 4) is 0 Å². The molecule has 1 N–H and O–H groups in total. The average molecular weight is 177 g/mol. The van der Waals surface area contributed by atoms with E-state index < -0.39 is 0 Å². The van der Waals surface area contributed by atoms with E-state index in [9.17, 15) is 0 Å². The lowest BCUT2D eigenvalue weighted by Gasteiger charge is -2.05. The van der Waals surface area contributed by atoms with Crippen molar-refractivity contribution < 1.29 is 0 Å². The quantitative estimate of drug-likeness (QED) is 0.561. The van der Waals surface area contributed by atoms with Crippen molar-refractivity contribution in [2.24, 2.45) is 5.92 Å². The second-order valence-electron chi connectivity index (χ2n) is 3.57. The number of rotatable bonds is 0. The van der Waals surface area contributed by atoms with Gasteiger partial charge >= 0.3 is 0 Å². The zero-order chi connectivity index (χ0) is 9.52. The maximum absolute atomic E-state index is 3.35. The van der Waals surface area contributed by atoms with E-state index in [1.807, 2.05) is 0 Å². The van der Waals surface area contributed by atoms with Gasteiger partial charge in [0.25, 0.3) is 0 Å². The summed E-state index contributed by atoms with van der Waals surface area (Å²) in [4.78, 5) is 0. The fourth-order valence-corrected chi connectivity index (χ4v) is 1.43. The number of nitrogens with one attached hydrogen (secondary N) is 1. The van der Waals surface area contributed by atoms with Crippen LogP contribution in [0.4, 0.5) is 0 Å². The first-order valence-corrected chi connectivity index (χ1v) is 5.03. The highest BCUT2D eigenvalue weighted by molar-refractivity contribution is 5.06. The van der Waals surface area contributed by atoms with Crippen LogP contribution < -0.4 is 5.32 Å². The second-order valence-corrected chi connectivity index (χ2v) is 3.57. The van der Waals surface area contributed by atoms with Gasteiger partial charge in [0.15, 0.2) is 0 Å². The first-order chi connectivity index (χ1) is 6.29. The summed E-state index contributed by atoms with van der Waals surface area (Å²) in [6.07, 6.45) is 13.5. The van der Waals surface area contributed by atoms with Crippen LogP contribution in [0, 0.1) is 5.92 Å². The predicted molar refractivity (Wildman–Crippen MR) is 58.4 cm³/mol. The van der Waals surface area contributed by atoms with Crippen molar-refractivity contribution in [3.05, 3.63) is 36.1 Å². The smallest absolute Gasteiger partial charge is 0.0327 e. The van der Waals surface area contributed by atoms with Gasteiger partial charge in [-0.05, 0) is 25.7 Å². The van der Waals surface area contributed by atoms with Gasteiger partial charge < -0.3 is 5.32 Å². The molecule has 0 saturated heterocycles. The Bertz CT molecular complexity index is 223. The minimum Gasteiger partial charge on any atom is -0.385 e. The lowest BCUT2D eigenvalue weighted by atomic mass is 10.1. The maximum Gasteiger partial charge on any atom is 0.0327 e. The molecule has 0 fully saturated rings. The number of hydrogen-bond donors (Lipinski definition) is 1. The molecule has 0 aliphatic carbocycles. The summed E-state index contributed by atoms with van der Waals surface area (Å²) in [6.45, 7) is 5.29. The van der Waals surface area contributed by atoms with Gasteiger partial charge in [0.2, 0.25) is 0 Å². The predicted octanol–water partition coefficient (Wildman–Crippen LogP) is 3.02. The fraction of sp³-hybridized carbons (Fsp3) is 0.500. The van der Waals surface area contributed by atoms with E-state index in [0.29, 0.717) is 5.92 Å². The molecule has 1 aliphatic heterocycles. The summed E-state index contributed by atoms with van der Waals surface area (Å²) in [5.41, 5.74) is 1.27. The van der Waals surface area contributed by atoms with Crippen molar-refractivity contribution in [2.45, 2.75) is 26.7 Å². The molecule has 1 atom stereocenters. The summed E-state index contributed by atoms with van der Waals surface area (Å²) < 4.78 is 0. The second kappa shape index (κ2) is 5.63. The number of allylic oxidation sites excluding steroid dienone is 5. The van der Waals surface area contributed by atoms with Gasteiger partial charge in [-0.15, -0.1) is 0 Å². The van der Waals surface area contributed by atoms with E-state index >= 15 is 0 Å². The molecular weight excluding hydrogens is 158 g/mol. The molecule has 0 amide bonds. The van der Waals surface area contributed by atoms with Crippen LogP contribution in [0.1, 0.15) is 26.7 Å². The Hall–Kier alpha value is -0.980. The lowest BCUT2D eigenvalue weighted by molar-refractivity contribution is 0.848. The van der Waals surface area contributed by atoms with Crippen molar-refractivity contribution in [1.29, 1.82) is 0 Å². The van der Waals surface area contributed by atoms with E-state index in [1.165, 1.54) is 5.70 Å². The molecule has 0 aromatic carbocycles. The van der Waals surface area contributed by atoms with Crippen LogP contribution in [-0.4, -0.2) is 6.54 Å². The Kier molecular flexibility index (Phi) is 4.37. The van der Waals surface area contributed by atoms with Gasteiger partial charge in [-0.25, -0.2) is 0 Å². The Morgan fingerprint density at radius 2 is 2.00 bits per heavy atom. The standard InChI is InChI=1S/C12H19N/c1-11-8-6-4-3-5-7-9-13-12(2)10-11/h5-8,10-11,13H,3-4,9H2,1-2H3/b7-5-,8-6-,12-10-. The highest BCUT2D eigenvalue weighted by Gasteiger charge is 1.93. The van der Waals surface area contributed by atoms with Crippen LogP contribution >= 0.6 is 0 Å². The van der Waals surface area contributed by atoms with Gasteiger partial charge in [-0.1, -0.05) is 37.3 Å².